The predicted octanol–water partition coefficient (Wildman–Crippen LogP) is 1.64. The molecule has 1 rings (SSSR count). The van der Waals surface area contributed by atoms with Crippen molar-refractivity contribution in [3.05, 3.63) is 15.8 Å². The zero-order valence-corrected chi connectivity index (χ0v) is 12.2. The molecule has 1 aromatic heterocycles. The van der Waals surface area contributed by atoms with Crippen molar-refractivity contribution in [2.45, 2.75) is 32.1 Å². The molecular formula is C11H20N2O2S2. The lowest BCUT2D eigenvalue weighted by atomic mass is 10.4. The van der Waals surface area contributed by atoms with Crippen LogP contribution in [-0.4, -0.2) is 28.1 Å². The van der Waals surface area contributed by atoms with Gasteiger partial charge in [-0.2, -0.15) is 0 Å². The monoisotopic (exact) mass is 276 g/mol. The molecule has 1 heterocycles. The number of hydrogen-bond donors (Lipinski definition) is 2. The van der Waals surface area contributed by atoms with Gasteiger partial charge in [0.15, 0.2) is 0 Å². The predicted molar refractivity (Wildman–Crippen MR) is 72.1 cm³/mol. The molecule has 0 bridgehead atoms. The Hall–Kier alpha value is -0.430. The fraction of sp³-hybridized carbons (Fsp3) is 0.636. The minimum atomic E-state index is -3.32. The van der Waals surface area contributed by atoms with Crippen LogP contribution in [0.5, 0.6) is 0 Å². The highest BCUT2D eigenvalue weighted by Crippen LogP contribution is 2.24. The summed E-state index contributed by atoms with van der Waals surface area (Å²) in [6.07, 6.45) is 0.801. The van der Waals surface area contributed by atoms with Crippen LogP contribution < -0.4 is 10.0 Å². The summed E-state index contributed by atoms with van der Waals surface area (Å²) in [7, 11) is -3.32. The normalized spacial score (nSPS) is 11.9. The molecule has 0 saturated carbocycles. The van der Waals surface area contributed by atoms with Crippen LogP contribution in [-0.2, 0) is 10.0 Å². The third-order valence-corrected chi connectivity index (χ3v) is 5.04. The lowest BCUT2D eigenvalue weighted by Crippen LogP contribution is -2.27. The van der Waals surface area contributed by atoms with Gasteiger partial charge in [0, 0.05) is 16.3 Å². The van der Waals surface area contributed by atoms with Gasteiger partial charge in [0.1, 0.15) is 0 Å². The summed E-state index contributed by atoms with van der Waals surface area (Å²) in [5.41, 5.74) is 0. The largest absolute Gasteiger partial charge is 0.317 e. The fourth-order valence-electron chi connectivity index (χ4n) is 1.55. The fourth-order valence-corrected chi connectivity index (χ4v) is 4.18. The van der Waals surface area contributed by atoms with Gasteiger partial charge in [-0.3, -0.25) is 0 Å². The Labute approximate surface area is 107 Å². The van der Waals surface area contributed by atoms with Crippen LogP contribution in [0.25, 0.3) is 0 Å². The number of hydrogen-bond acceptors (Lipinski definition) is 4. The maximum atomic E-state index is 12.0. The van der Waals surface area contributed by atoms with Crippen molar-refractivity contribution in [1.82, 2.24) is 10.0 Å². The van der Waals surface area contributed by atoms with E-state index in [1.54, 1.807) is 6.07 Å². The Morgan fingerprint density at radius 3 is 2.53 bits per heavy atom. The summed E-state index contributed by atoms with van der Waals surface area (Å²) in [5, 5.41) is 3.16. The van der Waals surface area contributed by atoms with Crippen molar-refractivity contribution in [1.29, 1.82) is 0 Å². The molecular weight excluding hydrogens is 256 g/mol. The highest BCUT2D eigenvalue weighted by molar-refractivity contribution is 7.89. The summed E-state index contributed by atoms with van der Waals surface area (Å²) < 4.78 is 26.6. The van der Waals surface area contributed by atoms with Crippen molar-refractivity contribution in [2.75, 3.05) is 19.6 Å². The van der Waals surface area contributed by atoms with Gasteiger partial charge in [0.2, 0.25) is 10.0 Å². The Kier molecular flexibility index (Phi) is 5.58. The van der Waals surface area contributed by atoms with Crippen LogP contribution in [0, 0.1) is 13.8 Å². The van der Waals surface area contributed by atoms with Gasteiger partial charge < -0.3 is 5.32 Å². The van der Waals surface area contributed by atoms with Gasteiger partial charge in [0.25, 0.3) is 0 Å². The molecule has 6 heteroatoms. The smallest absolute Gasteiger partial charge is 0.241 e. The molecule has 17 heavy (non-hydrogen) atoms. The molecule has 1 aromatic rings. The van der Waals surface area contributed by atoms with Crippen molar-refractivity contribution in [2.24, 2.45) is 0 Å². The maximum absolute atomic E-state index is 12.0. The van der Waals surface area contributed by atoms with Crippen LogP contribution >= 0.6 is 11.3 Å². The van der Waals surface area contributed by atoms with Gasteiger partial charge in [0.05, 0.1) is 4.90 Å². The van der Waals surface area contributed by atoms with Crippen LogP contribution in [0.3, 0.4) is 0 Å². The standard InChI is InChI=1S/C11H20N2O2S2/c1-4-12-6-5-7-13-17(14,15)11-8-9(2)16-10(11)3/h8,12-13H,4-7H2,1-3H3. The van der Waals surface area contributed by atoms with Gasteiger partial charge in [-0.25, -0.2) is 13.1 Å². The first-order valence-electron chi connectivity index (χ1n) is 5.74. The first-order valence-corrected chi connectivity index (χ1v) is 8.04. The number of rotatable bonds is 7. The summed E-state index contributed by atoms with van der Waals surface area (Å²) in [6, 6.07) is 1.73. The van der Waals surface area contributed by atoms with Crippen LogP contribution in [0.15, 0.2) is 11.0 Å². The van der Waals surface area contributed by atoms with Crippen LogP contribution in [0.1, 0.15) is 23.1 Å². The number of thiophene rings is 1. The van der Waals surface area contributed by atoms with E-state index in [9.17, 15) is 8.42 Å². The Morgan fingerprint density at radius 1 is 1.29 bits per heavy atom. The molecule has 0 aromatic carbocycles. The molecule has 2 N–H and O–H groups in total. The van der Waals surface area contributed by atoms with Crippen LogP contribution in [0.4, 0.5) is 0 Å². The first kappa shape index (κ1) is 14.6. The van der Waals surface area contributed by atoms with E-state index in [1.165, 1.54) is 11.3 Å². The lowest BCUT2D eigenvalue weighted by molar-refractivity contribution is 0.575. The second kappa shape index (κ2) is 6.49. The molecule has 0 atom stereocenters. The third kappa shape index (κ3) is 4.39. The van der Waals surface area contributed by atoms with Gasteiger partial charge in [-0.15, -0.1) is 11.3 Å². The van der Waals surface area contributed by atoms with E-state index in [0.717, 1.165) is 29.3 Å². The summed E-state index contributed by atoms with van der Waals surface area (Å²) in [5.74, 6) is 0. The van der Waals surface area contributed by atoms with E-state index in [-0.39, 0.29) is 0 Å². The highest BCUT2D eigenvalue weighted by Gasteiger charge is 2.18. The summed E-state index contributed by atoms with van der Waals surface area (Å²) in [6.45, 7) is 8.01. The minimum absolute atomic E-state index is 0.420. The third-order valence-electron chi connectivity index (χ3n) is 2.36. The highest BCUT2D eigenvalue weighted by atomic mass is 32.2. The molecule has 0 fully saturated rings. The van der Waals surface area contributed by atoms with Crippen molar-refractivity contribution >= 4 is 21.4 Å². The Morgan fingerprint density at radius 2 is 2.00 bits per heavy atom. The van der Waals surface area contributed by atoms with Crippen molar-refractivity contribution < 1.29 is 8.42 Å². The Bertz CT molecular complexity index is 452. The Balaban J connectivity index is 2.54. The van der Waals surface area contributed by atoms with Gasteiger partial charge in [-0.05, 0) is 39.4 Å². The van der Waals surface area contributed by atoms with E-state index >= 15 is 0 Å². The number of aryl methyl sites for hydroxylation is 2. The van der Waals surface area contributed by atoms with E-state index in [0.29, 0.717) is 11.4 Å². The van der Waals surface area contributed by atoms with E-state index in [4.69, 9.17) is 0 Å². The van der Waals surface area contributed by atoms with Crippen molar-refractivity contribution in [3.8, 4) is 0 Å². The molecule has 0 saturated heterocycles. The molecule has 0 amide bonds. The van der Waals surface area contributed by atoms with Crippen molar-refractivity contribution in [3.63, 3.8) is 0 Å². The number of nitrogens with one attached hydrogen (secondary N) is 2. The van der Waals surface area contributed by atoms with E-state index in [1.807, 2.05) is 20.8 Å². The van der Waals surface area contributed by atoms with Gasteiger partial charge in [-0.1, -0.05) is 6.92 Å². The quantitative estimate of drug-likeness (QED) is 0.744. The molecule has 0 aliphatic carbocycles. The molecule has 0 aliphatic rings. The maximum Gasteiger partial charge on any atom is 0.241 e. The molecule has 98 valence electrons. The van der Waals surface area contributed by atoms with Crippen LogP contribution in [0.2, 0.25) is 0 Å². The zero-order chi connectivity index (χ0) is 12.9. The molecule has 4 nitrogen and oxygen atoms in total. The first-order chi connectivity index (χ1) is 7.97. The SMILES string of the molecule is CCNCCCNS(=O)(=O)c1cc(C)sc1C. The molecule has 0 aliphatic heterocycles. The minimum Gasteiger partial charge on any atom is -0.317 e. The zero-order valence-electron chi connectivity index (χ0n) is 10.5. The molecule has 0 unspecified atom stereocenters. The second-order valence-electron chi connectivity index (χ2n) is 3.88. The van der Waals surface area contributed by atoms with Gasteiger partial charge >= 0.3 is 0 Å². The lowest BCUT2D eigenvalue weighted by Gasteiger charge is -2.06. The summed E-state index contributed by atoms with van der Waals surface area (Å²) >= 11 is 1.51. The molecule has 0 spiro atoms. The van der Waals surface area contributed by atoms with E-state index < -0.39 is 10.0 Å². The average Bonchev–Trinajstić information content (AvgIpc) is 2.58. The topological polar surface area (TPSA) is 58.2 Å². The average molecular weight is 276 g/mol. The number of sulfonamides is 1. The summed E-state index contributed by atoms with van der Waals surface area (Å²) in [4.78, 5) is 2.29. The van der Waals surface area contributed by atoms with E-state index in [2.05, 4.69) is 10.0 Å². The second-order valence-corrected chi connectivity index (χ2v) is 7.08. The molecule has 0 radical (unpaired) electrons.